The zero-order chi connectivity index (χ0) is 13.1. The molecule has 102 valence electrons. The summed E-state index contributed by atoms with van der Waals surface area (Å²) in [5, 5.41) is 9.17. The summed E-state index contributed by atoms with van der Waals surface area (Å²) in [7, 11) is 0. The van der Waals surface area contributed by atoms with E-state index in [2.05, 4.69) is 48.4 Å². The molecule has 0 N–H and O–H groups in total. The molecule has 1 heterocycles. The summed E-state index contributed by atoms with van der Waals surface area (Å²) in [4.78, 5) is 0. The van der Waals surface area contributed by atoms with Gasteiger partial charge in [-0.15, -0.1) is 0 Å². The van der Waals surface area contributed by atoms with Crippen LogP contribution < -0.4 is 0 Å². The summed E-state index contributed by atoms with van der Waals surface area (Å²) in [6.07, 6.45) is 18.3. The highest BCUT2D eigenvalue weighted by molar-refractivity contribution is 4.92. The summed E-state index contributed by atoms with van der Waals surface area (Å²) < 4.78 is 0. The van der Waals surface area contributed by atoms with E-state index in [0.717, 1.165) is 38.5 Å². The molecule has 0 radical (unpaired) electrons. The van der Waals surface area contributed by atoms with E-state index in [0.29, 0.717) is 12.1 Å². The third kappa shape index (κ3) is 6.73. The molecule has 0 saturated heterocycles. The molecule has 1 rings (SSSR count). The van der Waals surface area contributed by atoms with Gasteiger partial charge < -0.3 is 0 Å². The predicted molar refractivity (Wildman–Crippen MR) is 79.0 cm³/mol. The van der Waals surface area contributed by atoms with Gasteiger partial charge in [-0.3, -0.25) is 0 Å². The lowest BCUT2D eigenvalue weighted by Crippen LogP contribution is -2.06. The maximum Gasteiger partial charge on any atom is 0.0742 e. The Balaban J connectivity index is 2.64. The van der Waals surface area contributed by atoms with Crippen molar-refractivity contribution in [3.8, 4) is 0 Å². The van der Waals surface area contributed by atoms with Gasteiger partial charge >= 0.3 is 0 Å². The molecular weight excluding hydrogens is 220 g/mol. The minimum atomic E-state index is 0.397. The molecule has 18 heavy (non-hydrogen) atoms. The van der Waals surface area contributed by atoms with Gasteiger partial charge in [-0.05, 0) is 38.5 Å². The summed E-state index contributed by atoms with van der Waals surface area (Å²) in [5.41, 5.74) is 0. The Morgan fingerprint density at radius 2 is 1.22 bits per heavy atom. The van der Waals surface area contributed by atoms with Crippen LogP contribution in [0.3, 0.4) is 0 Å². The Hall–Kier alpha value is -0.920. The van der Waals surface area contributed by atoms with Crippen molar-refractivity contribution in [3.05, 3.63) is 24.3 Å². The van der Waals surface area contributed by atoms with Gasteiger partial charge in [0.05, 0.1) is 12.1 Å². The summed E-state index contributed by atoms with van der Waals surface area (Å²) in [6, 6.07) is 0.794. The molecule has 0 saturated carbocycles. The largest absolute Gasteiger partial charge is 0.190 e. The van der Waals surface area contributed by atoms with E-state index in [1.807, 2.05) is 0 Å². The zero-order valence-electron chi connectivity index (χ0n) is 12.0. The average molecular weight is 248 g/mol. The molecule has 0 amide bonds. The van der Waals surface area contributed by atoms with Crippen molar-refractivity contribution < 1.29 is 0 Å². The molecule has 0 bridgehead atoms. The summed E-state index contributed by atoms with van der Waals surface area (Å²) in [5.74, 6) is 0. The van der Waals surface area contributed by atoms with Crippen LogP contribution in [0.25, 0.3) is 0 Å². The second kappa shape index (κ2) is 10.0. The van der Waals surface area contributed by atoms with E-state index in [1.165, 1.54) is 12.8 Å². The molecule has 0 aromatic carbocycles. The minimum Gasteiger partial charge on any atom is -0.190 e. The fourth-order valence-corrected chi connectivity index (χ4v) is 2.24. The minimum absolute atomic E-state index is 0.397. The van der Waals surface area contributed by atoms with Crippen molar-refractivity contribution in [1.82, 2.24) is 0 Å². The molecule has 0 aliphatic carbocycles. The Bertz CT molecular complexity index is 251. The van der Waals surface area contributed by atoms with E-state index in [4.69, 9.17) is 0 Å². The molecule has 0 aromatic rings. The average Bonchev–Trinajstić information content (AvgIpc) is 2.36. The molecule has 2 atom stereocenters. The van der Waals surface area contributed by atoms with Crippen molar-refractivity contribution in [2.75, 3.05) is 0 Å². The lowest BCUT2D eigenvalue weighted by atomic mass is 10.1. The normalized spacial score (nSPS) is 25.7. The Kier molecular flexibility index (Phi) is 8.45. The quantitative estimate of drug-likeness (QED) is 0.590. The summed E-state index contributed by atoms with van der Waals surface area (Å²) >= 11 is 0. The first kappa shape index (κ1) is 15.1. The van der Waals surface area contributed by atoms with Crippen LogP contribution in [0.4, 0.5) is 0 Å². The second-order valence-corrected chi connectivity index (χ2v) is 5.11. The SMILES string of the molecule is CCCC1CC=CCCC=CCC(CCC)N=N1. The maximum atomic E-state index is 4.59. The zero-order valence-corrected chi connectivity index (χ0v) is 12.0. The van der Waals surface area contributed by atoms with Crippen molar-refractivity contribution in [3.63, 3.8) is 0 Å². The van der Waals surface area contributed by atoms with Gasteiger partial charge in [0, 0.05) is 0 Å². The molecule has 0 fully saturated rings. The van der Waals surface area contributed by atoms with Crippen LogP contribution in [0.1, 0.15) is 65.2 Å². The molecule has 1 aliphatic rings. The molecule has 1 aliphatic heterocycles. The molecule has 2 unspecified atom stereocenters. The lowest BCUT2D eigenvalue weighted by molar-refractivity contribution is 0.519. The van der Waals surface area contributed by atoms with Gasteiger partial charge in [0.25, 0.3) is 0 Å². The van der Waals surface area contributed by atoms with Crippen LogP contribution >= 0.6 is 0 Å². The van der Waals surface area contributed by atoms with Crippen LogP contribution in [0.5, 0.6) is 0 Å². The highest BCUT2D eigenvalue weighted by Crippen LogP contribution is 2.14. The van der Waals surface area contributed by atoms with E-state index in [9.17, 15) is 0 Å². The van der Waals surface area contributed by atoms with Crippen LogP contribution in [0.2, 0.25) is 0 Å². The molecule has 2 nitrogen and oxygen atoms in total. The van der Waals surface area contributed by atoms with Gasteiger partial charge in [0.2, 0.25) is 0 Å². The van der Waals surface area contributed by atoms with Crippen molar-refractivity contribution in [2.45, 2.75) is 77.3 Å². The lowest BCUT2D eigenvalue weighted by Gasteiger charge is -2.11. The first-order chi connectivity index (χ1) is 8.86. The van der Waals surface area contributed by atoms with E-state index < -0.39 is 0 Å². The van der Waals surface area contributed by atoms with E-state index >= 15 is 0 Å². The number of hydrogen-bond donors (Lipinski definition) is 0. The predicted octanol–water partition coefficient (Wildman–Crippen LogP) is 5.46. The van der Waals surface area contributed by atoms with Gasteiger partial charge in [0.15, 0.2) is 0 Å². The number of allylic oxidation sites excluding steroid dienone is 2. The van der Waals surface area contributed by atoms with Crippen LogP contribution in [0, 0.1) is 0 Å². The number of nitrogens with zero attached hydrogens (tertiary/aromatic N) is 2. The third-order valence-corrected chi connectivity index (χ3v) is 3.29. The fourth-order valence-electron chi connectivity index (χ4n) is 2.24. The van der Waals surface area contributed by atoms with Crippen LogP contribution in [-0.4, -0.2) is 12.1 Å². The van der Waals surface area contributed by atoms with Gasteiger partial charge in [0.1, 0.15) is 0 Å². The molecular formula is C16H28N2. The maximum absolute atomic E-state index is 4.59. The van der Waals surface area contributed by atoms with Crippen molar-refractivity contribution in [1.29, 1.82) is 0 Å². The second-order valence-electron chi connectivity index (χ2n) is 5.11. The van der Waals surface area contributed by atoms with Crippen LogP contribution in [0.15, 0.2) is 34.5 Å². The first-order valence-electron chi connectivity index (χ1n) is 7.56. The monoisotopic (exact) mass is 248 g/mol. The number of rotatable bonds is 4. The summed E-state index contributed by atoms with van der Waals surface area (Å²) in [6.45, 7) is 4.45. The topological polar surface area (TPSA) is 24.7 Å². The van der Waals surface area contributed by atoms with E-state index in [-0.39, 0.29) is 0 Å². The highest BCUT2D eigenvalue weighted by atomic mass is 15.1. The molecule has 0 aromatic heterocycles. The fraction of sp³-hybridized carbons (Fsp3) is 0.750. The van der Waals surface area contributed by atoms with Crippen LogP contribution in [-0.2, 0) is 0 Å². The van der Waals surface area contributed by atoms with Gasteiger partial charge in [-0.1, -0.05) is 51.0 Å². The Labute approximate surface area is 112 Å². The standard InChI is InChI=1S/C16H28N2/c1-3-11-15-13-9-7-5-6-8-10-14-16(12-4-2)18-17-15/h7-10,15-16H,3-6,11-14H2,1-2H3. The van der Waals surface area contributed by atoms with Gasteiger partial charge in [-0.25, -0.2) is 0 Å². The molecule has 0 spiro atoms. The van der Waals surface area contributed by atoms with E-state index in [1.54, 1.807) is 0 Å². The third-order valence-electron chi connectivity index (χ3n) is 3.29. The molecule has 2 heteroatoms. The number of azo groups is 1. The first-order valence-corrected chi connectivity index (χ1v) is 7.56. The smallest absolute Gasteiger partial charge is 0.0742 e. The van der Waals surface area contributed by atoms with Crippen molar-refractivity contribution >= 4 is 0 Å². The van der Waals surface area contributed by atoms with Crippen molar-refractivity contribution in [2.24, 2.45) is 10.2 Å². The Morgan fingerprint density at radius 1 is 0.778 bits per heavy atom. The van der Waals surface area contributed by atoms with Gasteiger partial charge in [-0.2, -0.15) is 10.2 Å². The Morgan fingerprint density at radius 3 is 1.61 bits per heavy atom. The number of hydrogen-bond acceptors (Lipinski definition) is 2. The highest BCUT2D eigenvalue weighted by Gasteiger charge is 2.07.